The van der Waals surface area contributed by atoms with E-state index in [1.54, 1.807) is 56.4 Å². The van der Waals surface area contributed by atoms with Gasteiger partial charge in [-0.15, -0.1) is 0 Å². The van der Waals surface area contributed by atoms with E-state index in [1.165, 1.54) is 17.2 Å². The van der Waals surface area contributed by atoms with Crippen LogP contribution in [0.15, 0.2) is 52.7 Å². The molecule has 1 unspecified atom stereocenters. The van der Waals surface area contributed by atoms with Gasteiger partial charge in [-0.2, -0.15) is 0 Å². The highest BCUT2D eigenvalue weighted by molar-refractivity contribution is 7.93. The van der Waals surface area contributed by atoms with Crippen molar-refractivity contribution in [1.82, 2.24) is 4.98 Å². The second-order valence-corrected chi connectivity index (χ2v) is 9.85. The monoisotopic (exact) mass is 417 g/mol. The normalized spacial score (nSPS) is 13.1. The highest BCUT2D eigenvalue weighted by Gasteiger charge is 2.20. The number of likely N-dealkylation sites (N-methyl/N-ethyl adjacent to an activating group) is 1. The number of halogens is 1. The number of carbonyl (C=O) groups excluding carboxylic acids is 1. The molecule has 8 heteroatoms. The maximum absolute atomic E-state index is 13.9. The summed E-state index contributed by atoms with van der Waals surface area (Å²) in [5, 5.41) is 0.419. The minimum atomic E-state index is -2.88. The Morgan fingerprint density at radius 2 is 1.86 bits per heavy atom. The van der Waals surface area contributed by atoms with Gasteiger partial charge < -0.3 is 0 Å². The molecule has 0 fully saturated rings. The fraction of sp³-hybridized carbons (Fsp3) is 0.200. The SMILES string of the molecule is Cc1nc(N(C)C(=O)Cc2ccc(-c3ccccc3F)cc2)sc1S(C)(=N)=O. The van der Waals surface area contributed by atoms with Crippen molar-refractivity contribution in [3.8, 4) is 11.1 Å². The van der Waals surface area contributed by atoms with Crippen LogP contribution in [0.25, 0.3) is 11.1 Å². The van der Waals surface area contributed by atoms with Crippen LogP contribution in [0.5, 0.6) is 0 Å². The van der Waals surface area contributed by atoms with Gasteiger partial charge in [0.1, 0.15) is 10.0 Å². The van der Waals surface area contributed by atoms with Gasteiger partial charge in [0.15, 0.2) is 5.13 Å². The maximum atomic E-state index is 13.9. The quantitative estimate of drug-likeness (QED) is 0.664. The van der Waals surface area contributed by atoms with Gasteiger partial charge in [-0.05, 0) is 24.1 Å². The van der Waals surface area contributed by atoms with E-state index in [1.807, 2.05) is 0 Å². The van der Waals surface area contributed by atoms with E-state index in [0.29, 0.717) is 20.6 Å². The van der Waals surface area contributed by atoms with Crippen LogP contribution in [0.3, 0.4) is 0 Å². The molecule has 146 valence electrons. The summed E-state index contributed by atoms with van der Waals surface area (Å²) in [5.41, 5.74) is 2.57. The van der Waals surface area contributed by atoms with Crippen LogP contribution in [0, 0.1) is 17.5 Å². The third-order valence-corrected chi connectivity index (χ3v) is 7.49. The van der Waals surface area contributed by atoms with E-state index in [2.05, 4.69) is 4.98 Å². The van der Waals surface area contributed by atoms with E-state index >= 15 is 0 Å². The predicted octanol–water partition coefficient (Wildman–Crippen LogP) is 4.50. The first-order valence-corrected chi connectivity index (χ1v) is 11.3. The van der Waals surface area contributed by atoms with Crippen LogP contribution in [-0.2, 0) is 20.9 Å². The van der Waals surface area contributed by atoms with Crippen LogP contribution in [-0.4, -0.2) is 28.4 Å². The average molecular weight is 418 g/mol. The summed E-state index contributed by atoms with van der Waals surface area (Å²) < 4.78 is 34.0. The Bertz CT molecular complexity index is 1120. The Morgan fingerprint density at radius 3 is 2.43 bits per heavy atom. The van der Waals surface area contributed by atoms with Gasteiger partial charge in [-0.1, -0.05) is 53.8 Å². The van der Waals surface area contributed by atoms with Gasteiger partial charge in [-0.25, -0.2) is 18.4 Å². The molecule has 0 aliphatic rings. The van der Waals surface area contributed by atoms with Crippen LogP contribution in [0.1, 0.15) is 11.3 Å². The molecular weight excluding hydrogens is 397 g/mol. The fourth-order valence-corrected chi connectivity index (χ4v) is 5.02. The first-order chi connectivity index (χ1) is 13.2. The van der Waals surface area contributed by atoms with Crippen molar-refractivity contribution >= 4 is 32.1 Å². The molecule has 5 nitrogen and oxygen atoms in total. The molecule has 0 spiro atoms. The molecule has 0 bridgehead atoms. The average Bonchev–Trinajstić information content (AvgIpc) is 3.04. The van der Waals surface area contributed by atoms with Crippen molar-refractivity contribution in [2.24, 2.45) is 0 Å². The first-order valence-electron chi connectivity index (χ1n) is 8.48. The minimum Gasteiger partial charge on any atom is -0.291 e. The molecule has 2 aromatic carbocycles. The predicted molar refractivity (Wildman–Crippen MR) is 111 cm³/mol. The van der Waals surface area contributed by atoms with Crippen LogP contribution >= 0.6 is 11.3 Å². The molecule has 3 rings (SSSR count). The molecule has 1 N–H and O–H groups in total. The van der Waals surface area contributed by atoms with Crippen molar-refractivity contribution in [3.63, 3.8) is 0 Å². The van der Waals surface area contributed by atoms with E-state index in [9.17, 15) is 13.4 Å². The number of benzene rings is 2. The molecule has 3 aromatic rings. The molecule has 0 saturated carbocycles. The van der Waals surface area contributed by atoms with E-state index in [0.717, 1.165) is 22.5 Å². The summed E-state index contributed by atoms with van der Waals surface area (Å²) in [6.07, 6.45) is 1.50. The highest BCUT2D eigenvalue weighted by atomic mass is 32.2. The zero-order valence-electron chi connectivity index (χ0n) is 15.7. The van der Waals surface area contributed by atoms with E-state index in [-0.39, 0.29) is 18.1 Å². The molecular formula is C20H20FN3O2S2. The zero-order valence-corrected chi connectivity index (χ0v) is 17.4. The van der Waals surface area contributed by atoms with Crippen molar-refractivity contribution in [2.75, 3.05) is 18.2 Å². The molecule has 1 atom stereocenters. The number of rotatable bonds is 5. The molecule has 0 aliphatic carbocycles. The summed E-state index contributed by atoms with van der Waals surface area (Å²) in [6, 6.07) is 13.7. The topological polar surface area (TPSA) is 74.1 Å². The summed E-state index contributed by atoms with van der Waals surface area (Å²) >= 11 is 1.10. The molecule has 28 heavy (non-hydrogen) atoms. The number of hydrogen-bond acceptors (Lipinski definition) is 5. The van der Waals surface area contributed by atoms with Gasteiger partial charge in [0, 0.05) is 18.9 Å². The molecule has 1 aromatic heterocycles. The second-order valence-electron chi connectivity index (χ2n) is 6.52. The Balaban J connectivity index is 1.75. The summed E-state index contributed by atoms with van der Waals surface area (Å²) in [4.78, 5) is 18.3. The molecule has 1 heterocycles. The summed E-state index contributed by atoms with van der Waals surface area (Å²) in [7, 11) is -1.27. The fourth-order valence-electron chi connectivity index (χ4n) is 2.77. The van der Waals surface area contributed by atoms with E-state index in [4.69, 9.17) is 4.78 Å². The Morgan fingerprint density at radius 1 is 1.21 bits per heavy atom. The lowest BCUT2D eigenvalue weighted by atomic mass is 10.0. The van der Waals surface area contributed by atoms with Crippen molar-refractivity contribution in [3.05, 3.63) is 65.6 Å². The van der Waals surface area contributed by atoms with Crippen LogP contribution in [0.4, 0.5) is 9.52 Å². The maximum Gasteiger partial charge on any atom is 0.232 e. The summed E-state index contributed by atoms with van der Waals surface area (Å²) in [6.45, 7) is 1.69. The number of aryl methyl sites for hydroxylation is 1. The third kappa shape index (κ3) is 4.28. The van der Waals surface area contributed by atoms with Gasteiger partial charge in [-0.3, -0.25) is 9.69 Å². The lowest BCUT2D eigenvalue weighted by molar-refractivity contribution is -0.117. The number of hydrogen-bond donors (Lipinski definition) is 1. The van der Waals surface area contributed by atoms with Gasteiger partial charge in [0.2, 0.25) is 5.91 Å². The molecule has 0 radical (unpaired) electrons. The zero-order chi connectivity index (χ0) is 20.5. The number of nitrogens with one attached hydrogen (secondary N) is 1. The minimum absolute atomic E-state index is 0.157. The Hall–Kier alpha value is -2.58. The van der Waals surface area contributed by atoms with E-state index < -0.39 is 9.73 Å². The molecule has 0 aliphatic heterocycles. The van der Waals surface area contributed by atoms with Crippen molar-refractivity contribution in [2.45, 2.75) is 17.6 Å². The third-order valence-electron chi connectivity index (χ3n) is 4.25. The number of anilines is 1. The number of nitrogens with zero attached hydrogens (tertiary/aromatic N) is 2. The first kappa shape index (κ1) is 20.2. The number of carbonyl (C=O) groups is 1. The molecule has 0 saturated heterocycles. The molecule has 1 amide bonds. The Labute approximate surface area is 167 Å². The van der Waals surface area contributed by atoms with Crippen LogP contribution in [0.2, 0.25) is 0 Å². The Kier molecular flexibility index (Phi) is 5.62. The lowest BCUT2D eigenvalue weighted by Crippen LogP contribution is -2.27. The second kappa shape index (κ2) is 7.81. The lowest BCUT2D eigenvalue weighted by Gasteiger charge is -2.14. The highest BCUT2D eigenvalue weighted by Crippen LogP contribution is 2.30. The van der Waals surface area contributed by atoms with Gasteiger partial charge in [0.25, 0.3) is 0 Å². The number of amides is 1. The van der Waals surface area contributed by atoms with Crippen molar-refractivity contribution in [1.29, 1.82) is 4.78 Å². The number of aromatic nitrogens is 1. The van der Waals surface area contributed by atoms with Crippen molar-refractivity contribution < 1.29 is 13.4 Å². The van der Waals surface area contributed by atoms with Gasteiger partial charge in [0.05, 0.1) is 21.8 Å². The summed E-state index contributed by atoms with van der Waals surface area (Å²) in [5.74, 6) is -0.463. The largest absolute Gasteiger partial charge is 0.291 e. The van der Waals surface area contributed by atoms with Gasteiger partial charge >= 0.3 is 0 Å². The number of thiazole rings is 1. The standard InChI is InChI=1S/C20H20FN3O2S2/c1-13-19(28(3,22)26)27-20(23-13)24(2)18(25)12-14-8-10-15(11-9-14)16-6-4-5-7-17(16)21/h4-11,22H,12H2,1-3H3. The smallest absolute Gasteiger partial charge is 0.232 e. The van der Waals surface area contributed by atoms with Crippen LogP contribution < -0.4 is 4.90 Å².